The van der Waals surface area contributed by atoms with Gasteiger partial charge in [0.2, 0.25) is 0 Å². The van der Waals surface area contributed by atoms with Crippen molar-refractivity contribution in [1.82, 2.24) is 4.98 Å². The largest absolute Gasteiger partial charge is 0.506 e. The Morgan fingerprint density at radius 1 is 1.09 bits per heavy atom. The van der Waals surface area contributed by atoms with Crippen molar-refractivity contribution in [2.75, 3.05) is 6.61 Å². The highest BCUT2D eigenvalue weighted by Gasteiger charge is 2.08. The second kappa shape index (κ2) is 5.73. The van der Waals surface area contributed by atoms with Gasteiger partial charge in [-0.05, 0) is 41.5 Å². The number of ether oxygens (including phenoxy) is 1. The van der Waals surface area contributed by atoms with E-state index >= 15 is 0 Å². The number of phenolic OH excluding ortho intramolecular Hbond substituents is 1. The highest BCUT2D eigenvalue weighted by molar-refractivity contribution is 5.97. The summed E-state index contributed by atoms with van der Waals surface area (Å²) in [5.41, 5.74) is 2.41. The van der Waals surface area contributed by atoms with E-state index in [1.165, 1.54) is 0 Å². The molecule has 0 aliphatic rings. The van der Waals surface area contributed by atoms with Crippen LogP contribution in [0.3, 0.4) is 0 Å². The summed E-state index contributed by atoms with van der Waals surface area (Å²) < 4.78 is 5.11. The van der Waals surface area contributed by atoms with E-state index in [1.54, 1.807) is 24.4 Å². The summed E-state index contributed by atoms with van der Waals surface area (Å²) >= 11 is 0. The van der Waals surface area contributed by atoms with Gasteiger partial charge >= 0.3 is 5.97 Å². The quantitative estimate of drug-likeness (QED) is 0.773. The molecule has 5 nitrogen and oxygen atoms in total. The maximum absolute atomic E-state index is 10.5. The Morgan fingerprint density at radius 2 is 1.86 bits per heavy atom. The molecule has 0 saturated heterocycles. The van der Waals surface area contributed by atoms with Gasteiger partial charge in [-0.1, -0.05) is 18.2 Å². The van der Waals surface area contributed by atoms with Gasteiger partial charge in [0.15, 0.2) is 6.61 Å². The second-order valence-electron chi connectivity index (χ2n) is 4.74. The summed E-state index contributed by atoms with van der Waals surface area (Å²) in [6.45, 7) is -0.370. The van der Waals surface area contributed by atoms with Gasteiger partial charge in [0.1, 0.15) is 17.0 Å². The summed E-state index contributed by atoms with van der Waals surface area (Å²) in [6.07, 6.45) is 1.63. The molecule has 3 aromatic rings. The molecule has 22 heavy (non-hydrogen) atoms. The molecular weight excluding hydrogens is 282 g/mol. The number of carboxylic acids is 1. The fourth-order valence-electron chi connectivity index (χ4n) is 2.29. The van der Waals surface area contributed by atoms with Crippen LogP contribution in [0.5, 0.6) is 11.5 Å². The Bertz CT molecular complexity index is 828. The number of hydrogen-bond acceptors (Lipinski definition) is 4. The van der Waals surface area contributed by atoms with Crippen LogP contribution < -0.4 is 4.74 Å². The number of aliphatic carboxylic acids is 1. The molecule has 0 aliphatic carbocycles. The van der Waals surface area contributed by atoms with Crippen LogP contribution in [-0.2, 0) is 4.79 Å². The maximum atomic E-state index is 10.5. The summed E-state index contributed by atoms with van der Waals surface area (Å²) in [4.78, 5) is 14.7. The molecule has 0 saturated carbocycles. The number of phenols is 1. The van der Waals surface area contributed by atoms with Crippen molar-refractivity contribution in [2.24, 2.45) is 0 Å². The Morgan fingerprint density at radius 3 is 2.59 bits per heavy atom. The van der Waals surface area contributed by atoms with Gasteiger partial charge in [0.25, 0.3) is 0 Å². The number of aromatic hydroxyl groups is 1. The topological polar surface area (TPSA) is 79.7 Å². The first-order valence-electron chi connectivity index (χ1n) is 6.67. The van der Waals surface area contributed by atoms with Crippen LogP contribution in [0.4, 0.5) is 0 Å². The van der Waals surface area contributed by atoms with Crippen molar-refractivity contribution in [3.05, 3.63) is 54.7 Å². The molecule has 0 aliphatic heterocycles. The van der Waals surface area contributed by atoms with E-state index < -0.39 is 5.97 Å². The summed E-state index contributed by atoms with van der Waals surface area (Å²) in [7, 11) is 0. The van der Waals surface area contributed by atoms with Crippen LogP contribution in [0.25, 0.3) is 22.0 Å². The number of nitrogens with zero attached hydrogens (tertiary/aromatic N) is 1. The summed E-state index contributed by atoms with van der Waals surface area (Å²) in [6, 6.07) is 14.3. The summed E-state index contributed by atoms with van der Waals surface area (Å²) in [5.74, 6) is -0.382. The Balaban J connectivity index is 1.98. The normalized spacial score (nSPS) is 10.5. The monoisotopic (exact) mass is 295 g/mol. The number of pyridine rings is 1. The van der Waals surface area contributed by atoms with Crippen molar-refractivity contribution in [3.63, 3.8) is 0 Å². The molecule has 1 aromatic heterocycles. The Hall–Kier alpha value is -3.08. The smallest absolute Gasteiger partial charge is 0.341 e. The van der Waals surface area contributed by atoms with Crippen LogP contribution in [0.2, 0.25) is 0 Å². The molecule has 1 heterocycles. The van der Waals surface area contributed by atoms with Crippen LogP contribution in [0, 0.1) is 0 Å². The third-order valence-corrected chi connectivity index (χ3v) is 3.28. The molecule has 2 N–H and O–H groups in total. The van der Waals surface area contributed by atoms with E-state index in [9.17, 15) is 9.90 Å². The third kappa shape index (κ3) is 2.69. The van der Waals surface area contributed by atoms with Gasteiger partial charge in [-0.2, -0.15) is 0 Å². The van der Waals surface area contributed by atoms with Crippen LogP contribution in [0.1, 0.15) is 0 Å². The van der Waals surface area contributed by atoms with Crippen molar-refractivity contribution < 1.29 is 19.7 Å². The maximum Gasteiger partial charge on any atom is 0.341 e. The molecule has 5 heteroatoms. The fourth-order valence-corrected chi connectivity index (χ4v) is 2.29. The standard InChI is InChI=1S/C17H13NO4/c19-15-8-7-13(14-2-1-9-18-17(14)15)11-3-5-12(6-4-11)22-10-16(20)21/h1-9,19H,10H2,(H,20,21). The zero-order valence-corrected chi connectivity index (χ0v) is 11.6. The molecule has 0 spiro atoms. The minimum Gasteiger partial charge on any atom is -0.506 e. The van der Waals surface area contributed by atoms with Gasteiger partial charge in [-0.3, -0.25) is 4.98 Å². The van der Waals surface area contributed by atoms with E-state index in [1.807, 2.05) is 30.3 Å². The number of hydrogen-bond donors (Lipinski definition) is 2. The van der Waals surface area contributed by atoms with E-state index in [0.29, 0.717) is 11.3 Å². The Kier molecular flexibility index (Phi) is 3.62. The lowest BCUT2D eigenvalue weighted by Crippen LogP contribution is -2.09. The first-order chi connectivity index (χ1) is 10.6. The molecule has 0 radical (unpaired) electrons. The van der Waals surface area contributed by atoms with E-state index in [0.717, 1.165) is 16.5 Å². The van der Waals surface area contributed by atoms with Crippen LogP contribution in [0.15, 0.2) is 54.7 Å². The van der Waals surface area contributed by atoms with Gasteiger partial charge < -0.3 is 14.9 Å². The van der Waals surface area contributed by atoms with Gasteiger partial charge in [-0.25, -0.2) is 4.79 Å². The lowest BCUT2D eigenvalue weighted by atomic mass is 10.00. The predicted molar refractivity (Wildman–Crippen MR) is 82.0 cm³/mol. The summed E-state index contributed by atoms with van der Waals surface area (Å²) in [5, 5.41) is 19.3. The number of carboxylic acid groups (broad SMARTS) is 1. The minimum absolute atomic E-state index is 0.140. The number of carbonyl (C=O) groups is 1. The van der Waals surface area contributed by atoms with E-state index in [-0.39, 0.29) is 12.4 Å². The van der Waals surface area contributed by atoms with Crippen molar-refractivity contribution >= 4 is 16.9 Å². The number of rotatable bonds is 4. The van der Waals surface area contributed by atoms with Gasteiger partial charge in [0, 0.05) is 11.6 Å². The average molecular weight is 295 g/mol. The van der Waals surface area contributed by atoms with Gasteiger partial charge in [0.05, 0.1) is 0 Å². The Labute approximate surface area is 126 Å². The SMILES string of the molecule is O=C(O)COc1ccc(-c2ccc(O)c3ncccc23)cc1. The number of aromatic nitrogens is 1. The molecule has 3 rings (SSSR count). The van der Waals surface area contributed by atoms with Crippen molar-refractivity contribution in [1.29, 1.82) is 0 Å². The lowest BCUT2D eigenvalue weighted by Gasteiger charge is -2.09. The molecular formula is C17H13NO4. The molecule has 0 amide bonds. The average Bonchev–Trinajstić information content (AvgIpc) is 2.54. The van der Waals surface area contributed by atoms with E-state index in [2.05, 4.69) is 4.98 Å². The van der Waals surface area contributed by atoms with Gasteiger partial charge in [-0.15, -0.1) is 0 Å². The first-order valence-corrected chi connectivity index (χ1v) is 6.67. The third-order valence-electron chi connectivity index (χ3n) is 3.28. The number of fused-ring (bicyclic) bond motifs is 1. The molecule has 110 valence electrons. The fraction of sp³-hybridized carbons (Fsp3) is 0.0588. The van der Waals surface area contributed by atoms with E-state index in [4.69, 9.17) is 9.84 Å². The molecule has 2 aromatic carbocycles. The highest BCUT2D eigenvalue weighted by atomic mass is 16.5. The number of benzene rings is 2. The first kappa shape index (κ1) is 13.9. The highest BCUT2D eigenvalue weighted by Crippen LogP contribution is 2.33. The molecule has 0 unspecified atom stereocenters. The zero-order valence-electron chi connectivity index (χ0n) is 11.6. The van der Waals surface area contributed by atoms with Crippen LogP contribution >= 0.6 is 0 Å². The predicted octanol–water partition coefficient (Wildman–Crippen LogP) is 3.07. The molecule has 0 bridgehead atoms. The minimum atomic E-state index is -1.01. The second-order valence-corrected chi connectivity index (χ2v) is 4.74. The molecule has 0 fully saturated rings. The van der Waals surface area contributed by atoms with Crippen molar-refractivity contribution in [3.8, 4) is 22.6 Å². The zero-order chi connectivity index (χ0) is 15.5. The van der Waals surface area contributed by atoms with Crippen LogP contribution in [-0.4, -0.2) is 27.8 Å². The van der Waals surface area contributed by atoms with Crippen molar-refractivity contribution in [2.45, 2.75) is 0 Å². The molecule has 0 atom stereocenters. The lowest BCUT2D eigenvalue weighted by molar-refractivity contribution is -0.139.